The van der Waals surface area contributed by atoms with Crippen LogP contribution < -0.4 is 4.74 Å². The van der Waals surface area contributed by atoms with Gasteiger partial charge in [-0.2, -0.15) is 0 Å². The monoisotopic (exact) mass is 304 g/mol. The van der Waals surface area contributed by atoms with Crippen molar-refractivity contribution < 1.29 is 14.6 Å². The van der Waals surface area contributed by atoms with Crippen molar-refractivity contribution in [3.05, 3.63) is 21.8 Å². The van der Waals surface area contributed by atoms with Crippen molar-refractivity contribution >= 4 is 29.2 Å². The zero-order valence-corrected chi connectivity index (χ0v) is 11.9. The van der Waals surface area contributed by atoms with E-state index in [1.165, 1.54) is 6.07 Å². The van der Waals surface area contributed by atoms with Crippen LogP contribution in [-0.4, -0.2) is 47.2 Å². The second kappa shape index (κ2) is 5.94. The fourth-order valence-corrected chi connectivity index (χ4v) is 2.63. The second-order valence-corrected chi connectivity index (χ2v) is 5.29. The average Bonchev–Trinajstić information content (AvgIpc) is 2.70. The van der Waals surface area contributed by atoms with E-state index >= 15 is 0 Å². The molecule has 0 amide bonds. The second-order valence-electron chi connectivity index (χ2n) is 4.50. The number of aromatic nitrogens is 1. The Labute approximate surface area is 121 Å². The number of likely N-dealkylation sites (N-methyl/N-ethyl adjacent to an activating group) is 1. The number of ether oxygens (including phenoxy) is 1. The van der Waals surface area contributed by atoms with Crippen LogP contribution in [-0.2, 0) is 0 Å². The molecule has 2 rings (SSSR count). The van der Waals surface area contributed by atoms with Gasteiger partial charge in [0.1, 0.15) is 17.3 Å². The molecule has 0 aromatic carbocycles. The third-order valence-corrected chi connectivity index (χ3v) is 3.70. The Bertz CT molecular complexity index is 496. The van der Waals surface area contributed by atoms with Gasteiger partial charge in [-0.3, -0.25) is 0 Å². The van der Waals surface area contributed by atoms with Gasteiger partial charge in [-0.05, 0) is 32.5 Å². The number of carbonyl (C=O) groups is 1. The molecule has 0 saturated carbocycles. The van der Waals surface area contributed by atoms with Gasteiger partial charge in [0.25, 0.3) is 0 Å². The predicted molar refractivity (Wildman–Crippen MR) is 72.4 cm³/mol. The molecule has 5 nitrogen and oxygen atoms in total. The van der Waals surface area contributed by atoms with Crippen LogP contribution in [0.2, 0.25) is 10.2 Å². The van der Waals surface area contributed by atoms with Gasteiger partial charge < -0.3 is 14.7 Å². The Morgan fingerprint density at radius 2 is 2.37 bits per heavy atom. The van der Waals surface area contributed by atoms with Crippen LogP contribution in [0.15, 0.2) is 6.07 Å². The van der Waals surface area contributed by atoms with Crippen LogP contribution in [0.25, 0.3) is 0 Å². The van der Waals surface area contributed by atoms with Gasteiger partial charge in [-0.15, -0.1) is 0 Å². The molecule has 1 fully saturated rings. The molecule has 1 aromatic heterocycles. The Hall–Kier alpha value is -1.04. The quantitative estimate of drug-likeness (QED) is 0.866. The SMILES string of the molecule is CN1CCC[C@@H]1COc1nc(Cl)cc(Cl)c1C(=O)O. The maximum atomic E-state index is 11.2. The highest BCUT2D eigenvalue weighted by Crippen LogP contribution is 2.28. The minimum Gasteiger partial charge on any atom is -0.477 e. The fraction of sp³-hybridized carbons (Fsp3) is 0.500. The molecule has 104 valence electrons. The lowest BCUT2D eigenvalue weighted by atomic mass is 10.2. The third kappa shape index (κ3) is 3.29. The lowest BCUT2D eigenvalue weighted by Gasteiger charge is -2.20. The first-order valence-electron chi connectivity index (χ1n) is 5.91. The van der Waals surface area contributed by atoms with Gasteiger partial charge in [0.05, 0.1) is 5.02 Å². The van der Waals surface area contributed by atoms with Crippen LogP contribution in [0.1, 0.15) is 23.2 Å². The fourth-order valence-electron chi connectivity index (χ4n) is 2.13. The summed E-state index contributed by atoms with van der Waals surface area (Å²) in [7, 11) is 2.01. The van der Waals surface area contributed by atoms with Gasteiger partial charge in [0, 0.05) is 6.04 Å². The van der Waals surface area contributed by atoms with E-state index in [9.17, 15) is 4.79 Å². The summed E-state index contributed by atoms with van der Waals surface area (Å²) in [5.41, 5.74) is -0.147. The molecule has 1 atom stereocenters. The molecule has 0 unspecified atom stereocenters. The van der Waals surface area contributed by atoms with Crippen molar-refractivity contribution in [3.63, 3.8) is 0 Å². The summed E-state index contributed by atoms with van der Waals surface area (Å²) in [5, 5.41) is 9.27. The molecule has 1 N–H and O–H groups in total. The minimum atomic E-state index is -1.18. The topological polar surface area (TPSA) is 62.7 Å². The van der Waals surface area contributed by atoms with Gasteiger partial charge in [0.2, 0.25) is 5.88 Å². The number of likely N-dealkylation sites (tertiary alicyclic amines) is 1. The van der Waals surface area contributed by atoms with Crippen molar-refractivity contribution in [2.45, 2.75) is 18.9 Å². The molecular formula is C12H14Cl2N2O3. The van der Waals surface area contributed by atoms with Gasteiger partial charge in [0.15, 0.2) is 0 Å². The van der Waals surface area contributed by atoms with E-state index in [1.807, 2.05) is 7.05 Å². The molecule has 19 heavy (non-hydrogen) atoms. The van der Waals surface area contributed by atoms with E-state index in [1.54, 1.807) is 0 Å². The summed E-state index contributed by atoms with van der Waals surface area (Å²) in [6, 6.07) is 1.56. The molecule has 1 aromatic rings. The summed E-state index contributed by atoms with van der Waals surface area (Å²) in [6.07, 6.45) is 2.13. The number of hydrogen-bond donors (Lipinski definition) is 1. The Kier molecular flexibility index (Phi) is 4.50. The van der Waals surface area contributed by atoms with Crippen LogP contribution in [0, 0.1) is 0 Å². The molecule has 0 spiro atoms. The van der Waals surface area contributed by atoms with E-state index in [0.29, 0.717) is 6.61 Å². The van der Waals surface area contributed by atoms with Crippen molar-refractivity contribution in [2.75, 3.05) is 20.2 Å². The highest BCUT2D eigenvalue weighted by molar-refractivity contribution is 6.36. The van der Waals surface area contributed by atoms with Crippen LogP contribution in [0.5, 0.6) is 5.88 Å². The number of carboxylic acids is 1. The molecule has 0 bridgehead atoms. The Morgan fingerprint density at radius 1 is 1.63 bits per heavy atom. The summed E-state index contributed by atoms with van der Waals surface area (Å²) in [4.78, 5) is 17.2. The molecule has 0 radical (unpaired) electrons. The maximum absolute atomic E-state index is 11.2. The highest BCUT2D eigenvalue weighted by Gasteiger charge is 2.24. The minimum absolute atomic E-state index is 0.0229. The van der Waals surface area contributed by atoms with Gasteiger partial charge in [-0.1, -0.05) is 23.2 Å². The standard InChI is InChI=1S/C12H14Cl2N2O3/c1-16-4-2-3-7(16)6-19-11-10(12(17)18)8(13)5-9(14)15-11/h5,7H,2-4,6H2,1H3,(H,17,18)/t7-/m1/s1. The Balaban J connectivity index is 2.17. The lowest BCUT2D eigenvalue weighted by Crippen LogP contribution is -2.31. The van der Waals surface area contributed by atoms with Crippen molar-refractivity contribution in [3.8, 4) is 5.88 Å². The van der Waals surface area contributed by atoms with Crippen molar-refractivity contribution in [1.29, 1.82) is 0 Å². The highest BCUT2D eigenvalue weighted by atomic mass is 35.5. The first-order chi connectivity index (χ1) is 8.99. The third-order valence-electron chi connectivity index (χ3n) is 3.20. The molecular weight excluding hydrogens is 291 g/mol. The van der Waals surface area contributed by atoms with Crippen LogP contribution in [0.4, 0.5) is 0 Å². The first kappa shape index (κ1) is 14.4. The van der Waals surface area contributed by atoms with E-state index < -0.39 is 5.97 Å². The van der Waals surface area contributed by atoms with Crippen LogP contribution in [0.3, 0.4) is 0 Å². The normalized spacial score (nSPS) is 19.6. The summed E-state index contributed by atoms with van der Waals surface area (Å²) in [5.74, 6) is -1.20. The van der Waals surface area contributed by atoms with Gasteiger partial charge in [-0.25, -0.2) is 9.78 Å². The van der Waals surface area contributed by atoms with Crippen LogP contribution >= 0.6 is 23.2 Å². The van der Waals surface area contributed by atoms with Crippen molar-refractivity contribution in [1.82, 2.24) is 9.88 Å². The number of rotatable bonds is 4. The summed E-state index contributed by atoms with van der Waals surface area (Å²) < 4.78 is 5.51. The first-order valence-corrected chi connectivity index (χ1v) is 6.67. The average molecular weight is 305 g/mol. The number of pyridine rings is 1. The number of aromatic carboxylic acids is 1. The molecule has 1 aliphatic heterocycles. The van der Waals surface area contributed by atoms with Crippen molar-refractivity contribution in [2.24, 2.45) is 0 Å². The molecule has 1 saturated heterocycles. The van der Waals surface area contributed by atoms with Gasteiger partial charge >= 0.3 is 5.97 Å². The van der Waals surface area contributed by atoms with E-state index in [2.05, 4.69) is 9.88 Å². The largest absolute Gasteiger partial charge is 0.477 e. The maximum Gasteiger partial charge on any atom is 0.342 e. The molecule has 1 aliphatic rings. The van der Waals surface area contributed by atoms with E-state index in [0.717, 1.165) is 19.4 Å². The summed E-state index contributed by atoms with van der Waals surface area (Å²) >= 11 is 11.6. The lowest BCUT2D eigenvalue weighted by molar-refractivity contribution is 0.0689. The van der Waals surface area contributed by atoms with E-state index in [4.69, 9.17) is 33.0 Å². The molecule has 0 aliphatic carbocycles. The Morgan fingerprint density at radius 3 is 2.95 bits per heavy atom. The zero-order valence-electron chi connectivity index (χ0n) is 10.4. The molecule has 7 heteroatoms. The number of halogens is 2. The number of carboxylic acid groups (broad SMARTS) is 1. The zero-order chi connectivity index (χ0) is 14.0. The molecule has 2 heterocycles. The number of nitrogens with zero attached hydrogens (tertiary/aromatic N) is 2. The smallest absolute Gasteiger partial charge is 0.342 e. The van der Waals surface area contributed by atoms with E-state index in [-0.39, 0.29) is 27.7 Å². The summed E-state index contributed by atoms with van der Waals surface area (Å²) in [6.45, 7) is 1.39. The number of hydrogen-bond acceptors (Lipinski definition) is 4. The predicted octanol–water partition coefficient (Wildman–Crippen LogP) is 2.56.